The van der Waals surface area contributed by atoms with Gasteiger partial charge in [0.2, 0.25) is 0 Å². The molecule has 3 nitrogen and oxygen atoms in total. The molecular formula is C13H25NO2. The van der Waals surface area contributed by atoms with Crippen molar-refractivity contribution in [3.63, 3.8) is 0 Å². The summed E-state index contributed by atoms with van der Waals surface area (Å²) in [6, 6.07) is 0.261. The van der Waals surface area contributed by atoms with Gasteiger partial charge in [0.25, 0.3) is 0 Å². The maximum absolute atomic E-state index is 11.7. The summed E-state index contributed by atoms with van der Waals surface area (Å²) in [6.45, 7) is 4.74. The maximum Gasteiger partial charge on any atom is 0.308 e. The summed E-state index contributed by atoms with van der Waals surface area (Å²) >= 11 is 0. The van der Waals surface area contributed by atoms with E-state index in [4.69, 9.17) is 10.5 Å². The molecule has 0 aromatic rings. The van der Waals surface area contributed by atoms with E-state index in [9.17, 15) is 4.79 Å². The molecule has 0 amide bonds. The van der Waals surface area contributed by atoms with E-state index in [2.05, 4.69) is 13.8 Å². The molecule has 2 N–H and O–H groups in total. The van der Waals surface area contributed by atoms with E-state index >= 15 is 0 Å². The van der Waals surface area contributed by atoms with Gasteiger partial charge in [-0.15, -0.1) is 0 Å². The molecule has 94 valence electrons. The van der Waals surface area contributed by atoms with Crippen LogP contribution in [0.2, 0.25) is 0 Å². The Bertz CT molecular complexity index is 208. The van der Waals surface area contributed by atoms with E-state index in [1.54, 1.807) is 0 Å². The molecular weight excluding hydrogens is 202 g/mol. The third-order valence-electron chi connectivity index (χ3n) is 3.59. The van der Waals surface area contributed by atoms with Gasteiger partial charge in [-0.25, -0.2) is 0 Å². The summed E-state index contributed by atoms with van der Waals surface area (Å²) in [6.07, 6.45) is 6.11. The number of esters is 1. The number of hydrogen-bond acceptors (Lipinski definition) is 3. The Balaban J connectivity index is 2.22. The van der Waals surface area contributed by atoms with Crippen LogP contribution in [0.5, 0.6) is 0 Å². The van der Waals surface area contributed by atoms with Gasteiger partial charge >= 0.3 is 5.97 Å². The Morgan fingerprint density at radius 1 is 1.38 bits per heavy atom. The van der Waals surface area contributed by atoms with E-state index < -0.39 is 0 Å². The molecule has 0 aliphatic heterocycles. The van der Waals surface area contributed by atoms with Gasteiger partial charge in [0.05, 0.1) is 12.5 Å². The fraction of sp³-hybridized carbons (Fsp3) is 0.923. The number of ether oxygens (including phenoxy) is 1. The van der Waals surface area contributed by atoms with Crippen LogP contribution in [0.25, 0.3) is 0 Å². The first-order valence-corrected chi connectivity index (χ1v) is 6.57. The number of carbonyl (C=O) groups is 1. The predicted octanol–water partition coefficient (Wildman–Crippen LogP) is 2.48. The third-order valence-corrected chi connectivity index (χ3v) is 3.59. The van der Waals surface area contributed by atoms with Crippen LogP contribution >= 0.6 is 0 Å². The zero-order valence-corrected chi connectivity index (χ0v) is 10.6. The second-order valence-electron chi connectivity index (χ2n) is 4.99. The van der Waals surface area contributed by atoms with Gasteiger partial charge in [0.1, 0.15) is 0 Å². The Labute approximate surface area is 98.7 Å². The molecule has 0 aromatic carbocycles. The minimum absolute atomic E-state index is 0.0107. The van der Waals surface area contributed by atoms with Crippen molar-refractivity contribution in [2.24, 2.45) is 17.6 Å². The average molecular weight is 227 g/mol. The molecule has 0 saturated heterocycles. The summed E-state index contributed by atoms with van der Waals surface area (Å²) < 4.78 is 5.25. The first kappa shape index (κ1) is 13.5. The Hall–Kier alpha value is -0.570. The number of nitrogens with two attached hydrogens (primary N) is 1. The number of hydrogen-bond donors (Lipinski definition) is 1. The van der Waals surface area contributed by atoms with Gasteiger partial charge in [-0.1, -0.05) is 13.3 Å². The van der Waals surface area contributed by atoms with Crippen molar-refractivity contribution in [3.05, 3.63) is 0 Å². The molecule has 0 aromatic heterocycles. The van der Waals surface area contributed by atoms with Crippen molar-refractivity contribution >= 4 is 5.97 Å². The molecule has 3 heteroatoms. The highest BCUT2D eigenvalue weighted by Crippen LogP contribution is 2.30. The van der Waals surface area contributed by atoms with E-state index in [0.717, 1.165) is 38.5 Å². The Morgan fingerprint density at radius 3 is 2.50 bits per heavy atom. The first-order chi connectivity index (χ1) is 7.65. The lowest BCUT2D eigenvalue weighted by atomic mass is 9.79. The van der Waals surface area contributed by atoms with Crippen molar-refractivity contribution in [3.8, 4) is 0 Å². The molecule has 0 bridgehead atoms. The largest absolute Gasteiger partial charge is 0.465 e. The molecule has 16 heavy (non-hydrogen) atoms. The summed E-state index contributed by atoms with van der Waals surface area (Å²) in [4.78, 5) is 11.7. The zero-order valence-electron chi connectivity index (χ0n) is 10.6. The highest BCUT2D eigenvalue weighted by atomic mass is 16.5. The van der Waals surface area contributed by atoms with Gasteiger partial charge in [-0.05, 0) is 44.9 Å². The molecule has 1 saturated carbocycles. The van der Waals surface area contributed by atoms with Gasteiger partial charge in [-0.3, -0.25) is 4.79 Å². The summed E-state index contributed by atoms with van der Waals surface area (Å²) in [5.74, 6) is 0.739. The molecule has 0 radical (unpaired) electrons. The molecule has 1 atom stereocenters. The SMILES string of the molecule is CCCCOC(=O)C1CCC([C@H](C)N)CC1. The van der Waals surface area contributed by atoms with Gasteiger partial charge in [0, 0.05) is 6.04 Å². The maximum atomic E-state index is 11.7. The minimum Gasteiger partial charge on any atom is -0.465 e. The van der Waals surface area contributed by atoms with Gasteiger partial charge < -0.3 is 10.5 Å². The van der Waals surface area contributed by atoms with Crippen LogP contribution in [0.4, 0.5) is 0 Å². The van der Waals surface area contributed by atoms with Gasteiger partial charge in [-0.2, -0.15) is 0 Å². The van der Waals surface area contributed by atoms with Crippen LogP contribution in [-0.4, -0.2) is 18.6 Å². The minimum atomic E-state index is 0.0107. The molecule has 1 fully saturated rings. The van der Waals surface area contributed by atoms with E-state index in [1.165, 1.54) is 0 Å². The second-order valence-corrected chi connectivity index (χ2v) is 4.99. The summed E-state index contributed by atoms with van der Waals surface area (Å²) in [7, 11) is 0. The molecule has 0 heterocycles. The molecule has 1 aliphatic rings. The highest BCUT2D eigenvalue weighted by Gasteiger charge is 2.28. The van der Waals surface area contributed by atoms with E-state index in [-0.39, 0.29) is 17.9 Å². The predicted molar refractivity (Wildman–Crippen MR) is 65.0 cm³/mol. The lowest BCUT2D eigenvalue weighted by molar-refractivity contribution is -0.150. The lowest BCUT2D eigenvalue weighted by Crippen LogP contribution is -2.32. The number of unbranched alkanes of at least 4 members (excludes halogenated alkanes) is 1. The fourth-order valence-electron chi connectivity index (χ4n) is 2.32. The average Bonchev–Trinajstić information content (AvgIpc) is 2.29. The molecule has 1 aliphatic carbocycles. The quantitative estimate of drug-likeness (QED) is 0.580. The smallest absolute Gasteiger partial charge is 0.308 e. The molecule has 0 unspecified atom stereocenters. The zero-order chi connectivity index (χ0) is 12.0. The lowest BCUT2D eigenvalue weighted by Gasteiger charge is -2.29. The highest BCUT2D eigenvalue weighted by molar-refractivity contribution is 5.72. The van der Waals surface area contributed by atoms with Crippen molar-refractivity contribution < 1.29 is 9.53 Å². The Morgan fingerprint density at radius 2 is 2.00 bits per heavy atom. The van der Waals surface area contributed by atoms with Crippen molar-refractivity contribution in [1.29, 1.82) is 0 Å². The standard InChI is InChI=1S/C13H25NO2/c1-3-4-9-16-13(15)12-7-5-11(6-8-12)10(2)14/h10-12H,3-9,14H2,1-2H3/t10-,11?,12?/m0/s1. The van der Waals surface area contributed by atoms with E-state index in [1.807, 2.05) is 0 Å². The molecule has 1 rings (SSSR count). The summed E-state index contributed by atoms with van der Waals surface area (Å²) in [5, 5.41) is 0. The van der Waals surface area contributed by atoms with Crippen molar-refractivity contribution in [2.45, 2.75) is 58.4 Å². The van der Waals surface area contributed by atoms with Crippen LogP contribution in [0.15, 0.2) is 0 Å². The monoisotopic (exact) mass is 227 g/mol. The first-order valence-electron chi connectivity index (χ1n) is 6.57. The van der Waals surface area contributed by atoms with E-state index in [0.29, 0.717) is 12.5 Å². The van der Waals surface area contributed by atoms with Crippen LogP contribution in [0.3, 0.4) is 0 Å². The van der Waals surface area contributed by atoms with Gasteiger partial charge in [0.15, 0.2) is 0 Å². The van der Waals surface area contributed by atoms with Crippen molar-refractivity contribution in [1.82, 2.24) is 0 Å². The Kier molecular flexibility index (Phi) is 5.81. The third kappa shape index (κ3) is 4.12. The summed E-state index contributed by atoms with van der Waals surface area (Å²) in [5.41, 5.74) is 5.87. The topological polar surface area (TPSA) is 52.3 Å². The molecule has 0 spiro atoms. The van der Waals surface area contributed by atoms with Crippen molar-refractivity contribution in [2.75, 3.05) is 6.61 Å². The second kappa shape index (κ2) is 6.89. The van der Waals surface area contributed by atoms with Crippen LogP contribution in [0.1, 0.15) is 52.4 Å². The number of carbonyl (C=O) groups excluding carboxylic acids is 1. The van der Waals surface area contributed by atoms with Crippen LogP contribution < -0.4 is 5.73 Å². The van der Waals surface area contributed by atoms with Crippen LogP contribution in [-0.2, 0) is 9.53 Å². The normalized spacial score (nSPS) is 27.4. The fourth-order valence-corrected chi connectivity index (χ4v) is 2.32. The number of rotatable bonds is 5. The van der Waals surface area contributed by atoms with Crippen LogP contribution in [0, 0.1) is 11.8 Å².